The molecule has 0 N–H and O–H groups in total. The van der Waals surface area contributed by atoms with E-state index in [1.165, 1.54) is 26.9 Å². The van der Waals surface area contributed by atoms with Gasteiger partial charge in [0.15, 0.2) is 30.2 Å². The molecule has 3 aromatic rings. The molecule has 35 heavy (non-hydrogen) atoms. The van der Waals surface area contributed by atoms with Crippen molar-refractivity contribution < 1.29 is 23.6 Å². The molecule has 0 radical (unpaired) electrons. The van der Waals surface area contributed by atoms with Crippen molar-refractivity contribution in [2.75, 3.05) is 23.6 Å². The number of halogens is 3. The standard InChI is InChI=1S/C23H24Cl2FN5O4/c1-23(2,3)10-9-21(32)35-22-16(26)5-4-6-18(22)30-13-34-31(14-33-30)19-11-15(24)7-8-17(19)29-12-20(25)27-28-29/h4-8,11-12H,9-10,13-14H2,1-3H3. The van der Waals surface area contributed by atoms with Crippen LogP contribution in [0.25, 0.3) is 5.69 Å². The average molecular weight is 524 g/mol. The summed E-state index contributed by atoms with van der Waals surface area (Å²) in [5.41, 5.74) is 1.32. The lowest BCUT2D eigenvalue weighted by molar-refractivity contribution is -0.135. The summed E-state index contributed by atoms with van der Waals surface area (Å²) in [6, 6.07) is 9.40. The van der Waals surface area contributed by atoms with Crippen LogP contribution in [-0.4, -0.2) is 34.4 Å². The van der Waals surface area contributed by atoms with Crippen molar-refractivity contribution in [2.24, 2.45) is 5.41 Å². The minimum absolute atomic E-state index is 0.0544. The Morgan fingerprint density at radius 2 is 1.80 bits per heavy atom. The molecule has 0 bridgehead atoms. The molecule has 1 aliphatic rings. The summed E-state index contributed by atoms with van der Waals surface area (Å²) in [6.07, 6.45) is 2.30. The Balaban J connectivity index is 1.50. The summed E-state index contributed by atoms with van der Waals surface area (Å²) < 4.78 is 21.5. The van der Waals surface area contributed by atoms with E-state index >= 15 is 0 Å². The molecule has 1 aromatic heterocycles. The molecular formula is C23H24Cl2FN5O4. The summed E-state index contributed by atoms with van der Waals surface area (Å²) in [4.78, 5) is 24.1. The normalized spacial score (nSPS) is 14.3. The van der Waals surface area contributed by atoms with E-state index in [0.29, 0.717) is 22.8 Å². The van der Waals surface area contributed by atoms with Crippen LogP contribution in [0.4, 0.5) is 15.8 Å². The highest BCUT2D eigenvalue weighted by Crippen LogP contribution is 2.35. The van der Waals surface area contributed by atoms with Gasteiger partial charge >= 0.3 is 5.97 Å². The fourth-order valence-electron chi connectivity index (χ4n) is 3.29. The zero-order valence-electron chi connectivity index (χ0n) is 19.4. The van der Waals surface area contributed by atoms with Gasteiger partial charge in [-0.25, -0.2) is 28.9 Å². The quantitative estimate of drug-likeness (QED) is 0.307. The maximum absolute atomic E-state index is 14.6. The molecule has 9 nitrogen and oxygen atoms in total. The Labute approximate surface area is 211 Å². The van der Waals surface area contributed by atoms with Crippen LogP contribution < -0.4 is 14.9 Å². The van der Waals surface area contributed by atoms with E-state index in [4.69, 9.17) is 37.6 Å². The lowest BCUT2D eigenvalue weighted by Gasteiger charge is -2.36. The second-order valence-corrected chi connectivity index (χ2v) is 9.84. The summed E-state index contributed by atoms with van der Waals surface area (Å²) in [5.74, 6) is -1.43. The first-order valence-corrected chi connectivity index (χ1v) is 11.5. The second kappa shape index (κ2) is 10.4. The van der Waals surface area contributed by atoms with Gasteiger partial charge in [0, 0.05) is 11.4 Å². The molecule has 2 aromatic carbocycles. The fourth-order valence-corrected chi connectivity index (χ4v) is 3.58. The van der Waals surface area contributed by atoms with Gasteiger partial charge in [0.1, 0.15) is 5.69 Å². The minimum Gasteiger partial charge on any atom is -0.421 e. The zero-order valence-corrected chi connectivity index (χ0v) is 20.9. The number of hydrogen-bond donors (Lipinski definition) is 0. The lowest BCUT2D eigenvalue weighted by atomic mass is 9.91. The summed E-state index contributed by atoms with van der Waals surface area (Å²) >= 11 is 12.1. The molecule has 186 valence electrons. The van der Waals surface area contributed by atoms with E-state index in [2.05, 4.69) is 10.3 Å². The topological polar surface area (TPSA) is 82.0 Å². The molecule has 0 spiro atoms. The largest absolute Gasteiger partial charge is 0.421 e. The number of nitrogens with zero attached hydrogens (tertiary/aromatic N) is 5. The van der Waals surface area contributed by atoms with Crippen LogP contribution in [0.5, 0.6) is 5.75 Å². The number of rotatable bonds is 6. The number of anilines is 2. The molecule has 1 saturated heterocycles. The number of carbonyl (C=O) groups is 1. The minimum atomic E-state index is -0.683. The maximum atomic E-state index is 14.6. The Bertz CT molecular complexity index is 1210. The number of hydroxylamine groups is 2. The summed E-state index contributed by atoms with van der Waals surface area (Å²) in [5, 5.41) is 11.2. The number of ether oxygens (including phenoxy) is 1. The van der Waals surface area contributed by atoms with Crippen LogP contribution in [0.1, 0.15) is 33.6 Å². The molecule has 4 rings (SSSR count). The second-order valence-electron chi connectivity index (χ2n) is 9.02. The average Bonchev–Trinajstić information content (AvgIpc) is 3.25. The highest BCUT2D eigenvalue weighted by Gasteiger charge is 2.27. The molecule has 1 fully saturated rings. The molecule has 0 aliphatic carbocycles. The van der Waals surface area contributed by atoms with E-state index in [0.717, 1.165) is 0 Å². The Morgan fingerprint density at radius 3 is 2.43 bits per heavy atom. The number of hydrogen-bond acceptors (Lipinski definition) is 8. The number of para-hydroxylation sites is 1. The van der Waals surface area contributed by atoms with Gasteiger partial charge in [-0.2, -0.15) is 0 Å². The molecule has 0 unspecified atom stereocenters. The lowest BCUT2D eigenvalue weighted by Crippen LogP contribution is -2.43. The molecule has 1 aliphatic heterocycles. The van der Waals surface area contributed by atoms with Crippen LogP contribution in [0.3, 0.4) is 0 Å². The number of esters is 1. The predicted octanol–water partition coefficient (Wildman–Crippen LogP) is 5.55. The molecule has 12 heteroatoms. The summed E-state index contributed by atoms with van der Waals surface area (Å²) in [7, 11) is 0. The fraction of sp³-hybridized carbons (Fsp3) is 0.348. The van der Waals surface area contributed by atoms with E-state index in [-0.39, 0.29) is 41.9 Å². The molecule has 0 saturated carbocycles. The van der Waals surface area contributed by atoms with Gasteiger partial charge in [0.25, 0.3) is 0 Å². The third-order valence-electron chi connectivity index (χ3n) is 5.09. The van der Waals surface area contributed by atoms with Crippen molar-refractivity contribution in [2.45, 2.75) is 33.6 Å². The maximum Gasteiger partial charge on any atom is 0.311 e. The number of aromatic nitrogens is 3. The van der Waals surface area contributed by atoms with Crippen LogP contribution in [0, 0.1) is 11.2 Å². The van der Waals surface area contributed by atoms with Crippen LogP contribution in [-0.2, 0) is 14.5 Å². The SMILES string of the molecule is CC(C)(C)CCC(=O)Oc1c(F)cccc1N1CON(c2cc(Cl)ccc2-n2cc(Cl)nn2)CO1. The number of carbonyl (C=O) groups excluding carboxylic acids is 1. The predicted molar refractivity (Wildman–Crippen MR) is 129 cm³/mol. The van der Waals surface area contributed by atoms with Gasteiger partial charge in [0.2, 0.25) is 0 Å². The van der Waals surface area contributed by atoms with Crippen molar-refractivity contribution in [1.29, 1.82) is 0 Å². The van der Waals surface area contributed by atoms with Gasteiger partial charge in [-0.15, -0.1) is 5.10 Å². The zero-order chi connectivity index (χ0) is 25.2. The molecule has 0 atom stereocenters. The van der Waals surface area contributed by atoms with Crippen molar-refractivity contribution in [3.8, 4) is 11.4 Å². The van der Waals surface area contributed by atoms with Gasteiger partial charge in [0.05, 0.1) is 17.6 Å². The van der Waals surface area contributed by atoms with E-state index < -0.39 is 11.8 Å². The van der Waals surface area contributed by atoms with E-state index in [1.807, 2.05) is 20.8 Å². The van der Waals surface area contributed by atoms with Crippen molar-refractivity contribution >= 4 is 40.5 Å². The van der Waals surface area contributed by atoms with Gasteiger partial charge in [-0.3, -0.25) is 4.79 Å². The monoisotopic (exact) mass is 523 g/mol. The van der Waals surface area contributed by atoms with Crippen molar-refractivity contribution in [3.63, 3.8) is 0 Å². The number of benzene rings is 2. The third-order valence-corrected chi connectivity index (χ3v) is 5.50. The van der Waals surface area contributed by atoms with Crippen LogP contribution >= 0.6 is 23.2 Å². The van der Waals surface area contributed by atoms with E-state index in [9.17, 15) is 9.18 Å². The summed E-state index contributed by atoms with van der Waals surface area (Å²) in [6.45, 7) is 5.84. The first-order chi connectivity index (χ1) is 16.6. The van der Waals surface area contributed by atoms with Crippen LogP contribution in [0.2, 0.25) is 10.2 Å². The van der Waals surface area contributed by atoms with Crippen molar-refractivity contribution in [1.82, 2.24) is 15.0 Å². The molecule has 0 amide bonds. The van der Waals surface area contributed by atoms with Crippen molar-refractivity contribution in [3.05, 3.63) is 58.6 Å². The molecular weight excluding hydrogens is 500 g/mol. The Morgan fingerprint density at radius 1 is 1.09 bits per heavy atom. The van der Waals surface area contributed by atoms with Gasteiger partial charge < -0.3 is 4.74 Å². The first-order valence-electron chi connectivity index (χ1n) is 10.8. The molecule has 2 heterocycles. The van der Waals surface area contributed by atoms with Crippen LogP contribution in [0.15, 0.2) is 42.6 Å². The Kier molecular flexibility index (Phi) is 7.46. The van der Waals surface area contributed by atoms with E-state index in [1.54, 1.807) is 30.5 Å². The first kappa shape index (κ1) is 25.2. The van der Waals surface area contributed by atoms with Gasteiger partial charge in [-0.1, -0.05) is 55.3 Å². The highest BCUT2D eigenvalue weighted by molar-refractivity contribution is 6.31. The Hall–Kier alpha value is -2.92. The van der Waals surface area contributed by atoms with Gasteiger partial charge in [-0.05, 0) is 42.2 Å². The highest BCUT2D eigenvalue weighted by atomic mass is 35.5. The third kappa shape index (κ3) is 6.21. The smallest absolute Gasteiger partial charge is 0.311 e.